The lowest BCUT2D eigenvalue weighted by Gasteiger charge is -2.04. The van der Waals surface area contributed by atoms with E-state index in [0.717, 1.165) is 5.75 Å². The van der Waals surface area contributed by atoms with Crippen LogP contribution in [0.5, 0.6) is 5.75 Å². The van der Waals surface area contributed by atoms with E-state index in [4.69, 9.17) is 4.74 Å². The van der Waals surface area contributed by atoms with Gasteiger partial charge in [0.15, 0.2) is 0 Å². The van der Waals surface area contributed by atoms with Crippen LogP contribution in [-0.2, 0) is 0 Å². The Hall–Kier alpha value is -1.44. The Labute approximate surface area is 83.9 Å². The monoisotopic (exact) mass is 189 g/mol. The van der Waals surface area contributed by atoms with Gasteiger partial charge in [0, 0.05) is 16.6 Å². The van der Waals surface area contributed by atoms with Gasteiger partial charge in [0.2, 0.25) is 0 Å². The molecule has 0 fully saturated rings. The van der Waals surface area contributed by atoms with E-state index in [9.17, 15) is 0 Å². The van der Waals surface area contributed by atoms with Crippen LogP contribution < -0.4 is 4.74 Å². The number of nitrogens with one attached hydrogen (secondary N) is 1. The molecule has 2 heteroatoms. The van der Waals surface area contributed by atoms with Gasteiger partial charge in [-0.2, -0.15) is 0 Å². The summed E-state index contributed by atoms with van der Waals surface area (Å²) in [5, 5.41) is 1.25. The third kappa shape index (κ3) is 1.18. The molecule has 14 heavy (non-hydrogen) atoms. The predicted octanol–water partition coefficient (Wildman–Crippen LogP) is 3.10. The summed E-state index contributed by atoms with van der Waals surface area (Å²) < 4.78 is 5.30. The summed E-state index contributed by atoms with van der Waals surface area (Å²) in [6.07, 6.45) is 0. The Bertz CT molecular complexity index is 483. The summed E-state index contributed by atoms with van der Waals surface area (Å²) in [4.78, 5) is 3.36. The molecule has 0 saturated carbocycles. The molecule has 74 valence electrons. The molecule has 0 radical (unpaired) electrons. The van der Waals surface area contributed by atoms with Gasteiger partial charge in [0.05, 0.1) is 7.11 Å². The molecule has 2 nitrogen and oxygen atoms in total. The van der Waals surface area contributed by atoms with E-state index >= 15 is 0 Å². The molecular formula is C12H15NO. The molecule has 0 saturated heterocycles. The molecule has 2 aromatic rings. The smallest absolute Gasteiger partial charge is 0.122 e. The quantitative estimate of drug-likeness (QED) is 0.732. The Kier molecular flexibility index (Phi) is 1.99. The number of aromatic nitrogens is 1. The molecule has 2 rings (SSSR count). The van der Waals surface area contributed by atoms with Gasteiger partial charge < -0.3 is 9.72 Å². The average Bonchev–Trinajstić information content (AvgIpc) is 2.41. The fourth-order valence-electron chi connectivity index (χ4n) is 1.82. The van der Waals surface area contributed by atoms with E-state index in [-0.39, 0.29) is 0 Å². The second-order valence-electron chi connectivity index (χ2n) is 3.74. The molecule has 0 unspecified atom stereocenters. The predicted molar refractivity (Wildman–Crippen MR) is 59.1 cm³/mol. The van der Waals surface area contributed by atoms with Gasteiger partial charge >= 0.3 is 0 Å². The van der Waals surface area contributed by atoms with Crippen LogP contribution in [0.4, 0.5) is 0 Å². The number of ether oxygens (including phenoxy) is 1. The van der Waals surface area contributed by atoms with Gasteiger partial charge in [-0.3, -0.25) is 0 Å². The summed E-state index contributed by atoms with van der Waals surface area (Å²) >= 11 is 0. The Morgan fingerprint density at radius 1 is 1.14 bits per heavy atom. The van der Waals surface area contributed by atoms with Crippen molar-refractivity contribution in [1.82, 2.24) is 4.98 Å². The van der Waals surface area contributed by atoms with Gasteiger partial charge in [-0.15, -0.1) is 0 Å². The fraction of sp³-hybridized carbons (Fsp3) is 0.333. The van der Waals surface area contributed by atoms with Crippen LogP contribution in [0.15, 0.2) is 12.1 Å². The number of benzene rings is 1. The first-order valence-electron chi connectivity index (χ1n) is 4.77. The maximum atomic E-state index is 5.30. The second kappa shape index (κ2) is 3.05. The highest BCUT2D eigenvalue weighted by atomic mass is 16.5. The van der Waals surface area contributed by atoms with Crippen molar-refractivity contribution in [3.63, 3.8) is 0 Å². The highest BCUT2D eigenvalue weighted by molar-refractivity contribution is 5.86. The second-order valence-corrected chi connectivity index (χ2v) is 3.74. The molecule has 0 aliphatic rings. The summed E-state index contributed by atoms with van der Waals surface area (Å²) in [7, 11) is 1.71. The van der Waals surface area contributed by atoms with Crippen molar-refractivity contribution in [2.75, 3.05) is 7.11 Å². The molecule has 0 amide bonds. The molecule has 0 aliphatic heterocycles. The number of hydrogen-bond acceptors (Lipinski definition) is 1. The van der Waals surface area contributed by atoms with Gasteiger partial charge in [-0.1, -0.05) is 0 Å². The van der Waals surface area contributed by atoms with Gasteiger partial charge in [0.25, 0.3) is 0 Å². The highest BCUT2D eigenvalue weighted by Gasteiger charge is 2.07. The van der Waals surface area contributed by atoms with E-state index in [1.54, 1.807) is 7.11 Å². The van der Waals surface area contributed by atoms with Crippen LogP contribution in [0.2, 0.25) is 0 Å². The lowest BCUT2D eigenvalue weighted by molar-refractivity contribution is 0.412. The Morgan fingerprint density at radius 3 is 2.50 bits per heavy atom. The standard InChI is InChI=1S/C12H15NO/c1-7-5-11-10(6-12(7)14-4)8(2)9(3)13-11/h5-6,13H,1-4H3. The van der Waals surface area contributed by atoms with Crippen LogP contribution in [0.3, 0.4) is 0 Å². The van der Waals surface area contributed by atoms with E-state index in [1.165, 1.54) is 27.7 Å². The van der Waals surface area contributed by atoms with Crippen molar-refractivity contribution < 1.29 is 4.74 Å². The maximum absolute atomic E-state index is 5.30. The first-order valence-corrected chi connectivity index (χ1v) is 4.77. The number of hydrogen-bond donors (Lipinski definition) is 1. The average molecular weight is 189 g/mol. The lowest BCUT2D eigenvalue weighted by Crippen LogP contribution is -1.86. The fourth-order valence-corrected chi connectivity index (χ4v) is 1.82. The SMILES string of the molecule is COc1cc2c(C)c(C)[nH]c2cc1C. The van der Waals surface area contributed by atoms with Crippen molar-refractivity contribution in [1.29, 1.82) is 0 Å². The number of fused-ring (bicyclic) bond motifs is 1. The number of rotatable bonds is 1. The maximum Gasteiger partial charge on any atom is 0.122 e. The molecule has 0 atom stereocenters. The molecular weight excluding hydrogens is 174 g/mol. The number of methoxy groups -OCH3 is 1. The first-order chi connectivity index (χ1) is 6.63. The molecule has 1 heterocycles. The molecule has 0 spiro atoms. The van der Waals surface area contributed by atoms with E-state index in [0.29, 0.717) is 0 Å². The first kappa shape index (κ1) is 9.13. The van der Waals surface area contributed by atoms with Crippen molar-refractivity contribution in [3.05, 3.63) is 29.0 Å². The zero-order valence-corrected chi connectivity index (χ0v) is 9.06. The van der Waals surface area contributed by atoms with Crippen molar-refractivity contribution in [2.24, 2.45) is 0 Å². The molecule has 0 aliphatic carbocycles. The van der Waals surface area contributed by atoms with Crippen molar-refractivity contribution in [2.45, 2.75) is 20.8 Å². The number of aryl methyl sites for hydroxylation is 3. The summed E-state index contributed by atoms with van der Waals surface area (Å²) in [5.74, 6) is 0.958. The van der Waals surface area contributed by atoms with Gasteiger partial charge in [-0.25, -0.2) is 0 Å². The minimum absolute atomic E-state index is 0.958. The lowest BCUT2D eigenvalue weighted by atomic mass is 10.1. The number of aromatic amines is 1. The van der Waals surface area contributed by atoms with Gasteiger partial charge in [-0.05, 0) is 44.0 Å². The molecule has 1 N–H and O–H groups in total. The third-order valence-electron chi connectivity index (χ3n) is 2.82. The normalized spacial score (nSPS) is 10.9. The van der Waals surface area contributed by atoms with Crippen LogP contribution in [0, 0.1) is 20.8 Å². The van der Waals surface area contributed by atoms with Crippen LogP contribution in [-0.4, -0.2) is 12.1 Å². The van der Waals surface area contributed by atoms with E-state index in [1.807, 2.05) is 0 Å². The number of H-pyrrole nitrogens is 1. The Morgan fingerprint density at radius 2 is 1.86 bits per heavy atom. The minimum Gasteiger partial charge on any atom is -0.496 e. The largest absolute Gasteiger partial charge is 0.496 e. The summed E-state index contributed by atoms with van der Waals surface area (Å²) in [5.41, 5.74) is 4.89. The summed E-state index contributed by atoms with van der Waals surface area (Å²) in [6.45, 7) is 6.28. The Balaban J connectivity index is 2.80. The van der Waals surface area contributed by atoms with E-state index < -0.39 is 0 Å². The van der Waals surface area contributed by atoms with Crippen LogP contribution in [0.1, 0.15) is 16.8 Å². The minimum atomic E-state index is 0.958. The topological polar surface area (TPSA) is 25.0 Å². The zero-order valence-electron chi connectivity index (χ0n) is 9.06. The van der Waals surface area contributed by atoms with E-state index in [2.05, 4.69) is 37.9 Å². The third-order valence-corrected chi connectivity index (χ3v) is 2.82. The zero-order chi connectivity index (χ0) is 10.3. The van der Waals surface area contributed by atoms with Crippen molar-refractivity contribution in [3.8, 4) is 5.75 Å². The molecule has 0 bridgehead atoms. The van der Waals surface area contributed by atoms with Gasteiger partial charge in [0.1, 0.15) is 5.75 Å². The van der Waals surface area contributed by atoms with Crippen molar-refractivity contribution >= 4 is 10.9 Å². The van der Waals surface area contributed by atoms with Crippen LogP contribution in [0.25, 0.3) is 10.9 Å². The molecule has 1 aromatic carbocycles. The summed E-state index contributed by atoms with van der Waals surface area (Å²) in [6, 6.07) is 4.23. The highest BCUT2D eigenvalue weighted by Crippen LogP contribution is 2.28. The molecule has 1 aromatic heterocycles. The van der Waals surface area contributed by atoms with Crippen LogP contribution >= 0.6 is 0 Å².